The molecule has 0 saturated carbocycles. The maximum Gasteiger partial charge on any atom is 0.338 e. The Balaban J connectivity index is 2.23. The quantitative estimate of drug-likeness (QED) is 0.849. The van der Waals surface area contributed by atoms with Crippen molar-refractivity contribution in [3.63, 3.8) is 0 Å². The monoisotopic (exact) mass is 299 g/mol. The van der Waals surface area contributed by atoms with E-state index < -0.39 is 34.8 Å². The van der Waals surface area contributed by atoms with Crippen molar-refractivity contribution in [2.45, 2.75) is 6.54 Å². The van der Waals surface area contributed by atoms with Gasteiger partial charge in [0.1, 0.15) is 23.3 Å². The van der Waals surface area contributed by atoms with Gasteiger partial charge in [-0.1, -0.05) is 0 Å². The fourth-order valence-electron chi connectivity index (χ4n) is 1.76. The van der Waals surface area contributed by atoms with Crippen LogP contribution in [-0.2, 0) is 6.54 Å². The summed E-state index contributed by atoms with van der Waals surface area (Å²) in [5.41, 5.74) is -0.795. The predicted octanol–water partition coefficient (Wildman–Crippen LogP) is 3.55. The summed E-state index contributed by atoms with van der Waals surface area (Å²) in [7, 11) is 0. The van der Waals surface area contributed by atoms with E-state index >= 15 is 0 Å². The van der Waals surface area contributed by atoms with Crippen LogP contribution in [0.25, 0.3) is 0 Å². The third kappa shape index (κ3) is 3.50. The summed E-state index contributed by atoms with van der Waals surface area (Å²) in [6.45, 7) is -0.156. The van der Waals surface area contributed by atoms with Gasteiger partial charge >= 0.3 is 5.97 Å². The lowest BCUT2D eigenvalue weighted by Gasteiger charge is -2.09. The van der Waals surface area contributed by atoms with Crippen LogP contribution in [0.3, 0.4) is 0 Å². The van der Waals surface area contributed by atoms with Crippen molar-refractivity contribution in [1.82, 2.24) is 0 Å². The first kappa shape index (κ1) is 14.8. The first-order valence-electron chi connectivity index (χ1n) is 5.78. The van der Waals surface area contributed by atoms with Crippen LogP contribution >= 0.6 is 0 Å². The smallest absolute Gasteiger partial charge is 0.338 e. The Bertz CT molecular complexity index is 683. The van der Waals surface area contributed by atoms with Crippen LogP contribution in [-0.4, -0.2) is 11.1 Å². The predicted molar refractivity (Wildman–Crippen MR) is 67.0 cm³/mol. The SMILES string of the molecule is O=C(O)c1cc(NCc2cc(F)cc(F)c2)c(F)cc1F. The Labute approximate surface area is 116 Å². The number of benzene rings is 2. The highest BCUT2D eigenvalue weighted by Gasteiger charge is 2.15. The molecule has 0 radical (unpaired) electrons. The zero-order chi connectivity index (χ0) is 15.6. The molecule has 3 nitrogen and oxygen atoms in total. The molecule has 0 aliphatic carbocycles. The molecule has 0 aromatic heterocycles. The van der Waals surface area contributed by atoms with Crippen LogP contribution in [0.15, 0.2) is 30.3 Å². The second-order valence-electron chi connectivity index (χ2n) is 4.25. The fourth-order valence-corrected chi connectivity index (χ4v) is 1.76. The van der Waals surface area contributed by atoms with E-state index in [0.29, 0.717) is 12.1 Å². The van der Waals surface area contributed by atoms with Gasteiger partial charge in [0.2, 0.25) is 0 Å². The molecule has 0 amide bonds. The number of hydrogen-bond donors (Lipinski definition) is 2. The van der Waals surface area contributed by atoms with Crippen molar-refractivity contribution in [3.05, 3.63) is 64.7 Å². The van der Waals surface area contributed by atoms with Gasteiger partial charge in [0.05, 0.1) is 11.3 Å². The first-order chi connectivity index (χ1) is 9.86. The zero-order valence-corrected chi connectivity index (χ0v) is 10.5. The maximum atomic E-state index is 13.5. The molecular formula is C14H9F4NO2. The van der Waals surface area contributed by atoms with Gasteiger partial charge in [-0.2, -0.15) is 0 Å². The highest BCUT2D eigenvalue weighted by Crippen LogP contribution is 2.20. The molecule has 0 bridgehead atoms. The van der Waals surface area contributed by atoms with E-state index in [2.05, 4.69) is 5.32 Å². The van der Waals surface area contributed by atoms with Gasteiger partial charge in [0.15, 0.2) is 0 Å². The zero-order valence-electron chi connectivity index (χ0n) is 10.5. The lowest BCUT2D eigenvalue weighted by Crippen LogP contribution is -2.07. The normalized spacial score (nSPS) is 10.5. The summed E-state index contributed by atoms with van der Waals surface area (Å²) in [4.78, 5) is 10.8. The van der Waals surface area contributed by atoms with Gasteiger partial charge in [-0.15, -0.1) is 0 Å². The number of halogens is 4. The molecule has 2 aromatic rings. The molecule has 0 atom stereocenters. The largest absolute Gasteiger partial charge is 0.478 e. The fraction of sp³-hybridized carbons (Fsp3) is 0.0714. The van der Waals surface area contributed by atoms with Crippen LogP contribution in [0.1, 0.15) is 15.9 Å². The Morgan fingerprint density at radius 1 is 0.952 bits per heavy atom. The van der Waals surface area contributed by atoms with E-state index in [1.54, 1.807) is 0 Å². The van der Waals surface area contributed by atoms with Crippen molar-refractivity contribution >= 4 is 11.7 Å². The molecule has 0 unspecified atom stereocenters. The van der Waals surface area contributed by atoms with Crippen LogP contribution < -0.4 is 5.32 Å². The van der Waals surface area contributed by atoms with Crippen molar-refractivity contribution in [2.75, 3.05) is 5.32 Å². The Morgan fingerprint density at radius 2 is 1.57 bits per heavy atom. The molecule has 0 spiro atoms. The molecule has 0 heterocycles. The molecule has 0 fully saturated rings. The van der Waals surface area contributed by atoms with Crippen molar-refractivity contribution in [3.8, 4) is 0 Å². The molecule has 0 aliphatic rings. The summed E-state index contributed by atoms with van der Waals surface area (Å²) in [5, 5.41) is 11.2. The molecule has 2 aromatic carbocycles. The number of rotatable bonds is 4. The summed E-state index contributed by atoms with van der Waals surface area (Å²) >= 11 is 0. The summed E-state index contributed by atoms with van der Waals surface area (Å²) in [5.74, 6) is -5.35. The lowest BCUT2D eigenvalue weighted by molar-refractivity contribution is 0.0692. The van der Waals surface area contributed by atoms with E-state index in [-0.39, 0.29) is 17.8 Å². The molecule has 0 saturated heterocycles. The van der Waals surface area contributed by atoms with Crippen LogP contribution in [0.4, 0.5) is 23.2 Å². The van der Waals surface area contributed by atoms with E-state index in [1.165, 1.54) is 0 Å². The second kappa shape index (κ2) is 5.82. The third-order valence-electron chi connectivity index (χ3n) is 2.69. The second-order valence-corrected chi connectivity index (χ2v) is 4.25. The van der Waals surface area contributed by atoms with E-state index in [0.717, 1.165) is 18.2 Å². The maximum absolute atomic E-state index is 13.5. The molecular weight excluding hydrogens is 290 g/mol. The van der Waals surface area contributed by atoms with Crippen LogP contribution in [0, 0.1) is 23.3 Å². The van der Waals surface area contributed by atoms with E-state index in [1.807, 2.05) is 0 Å². The summed E-state index contributed by atoms with van der Waals surface area (Å²) in [6, 6.07) is 3.97. The average Bonchev–Trinajstić information content (AvgIpc) is 2.36. The van der Waals surface area contributed by atoms with Gasteiger partial charge in [-0.25, -0.2) is 22.4 Å². The first-order valence-corrected chi connectivity index (χ1v) is 5.78. The topological polar surface area (TPSA) is 49.3 Å². The Kier molecular flexibility index (Phi) is 4.11. The third-order valence-corrected chi connectivity index (χ3v) is 2.69. The van der Waals surface area contributed by atoms with Crippen LogP contribution in [0.5, 0.6) is 0 Å². The van der Waals surface area contributed by atoms with E-state index in [9.17, 15) is 22.4 Å². The minimum atomic E-state index is -1.55. The van der Waals surface area contributed by atoms with Gasteiger partial charge in [-0.3, -0.25) is 0 Å². The van der Waals surface area contributed by atoms with Crippen LogP contribution in [0.2, 0.25) is 0 Å². The summed E-state index contributed by atoms with van der Waals surface area (Å²) < 4.78 is 52.7. The highest BCUT2D eigenvalue weighted by atomic mass is 19.1. The number of carboxylic acids is 1. The van der Waals surface area contributed by atoms with Crippen molar-refractivity contribution in [2.24, 2.45) is 0 Å². The standard InChI is InChI=1S/C14H9F4NO2/c15-8-1-7(2-9(16)3-8)6-19-13-4-10(14(20)21)11(17)5-12(13)18/h1-5,19H,6H2,(H,20,21). The minimum Gasteiger partial charge on any atom is -0.478 e. The molecule has 2 N–H and O–H groups in total. The highest BCUT2D eigenvalue weighted by molar-refractivity contribution is 5.89. The minimum absolute atomic E-state index is 0.156. The number of aromatic carboxylic acids is 1. The number of carboxylic acid groups (broad SMARTS) is 1. The van der Waals surface area contributed by atoms with Gasteiger partial charge < -0.3 is 10.4 Å². The van der Waals surface area contributed by atoms with Gasteiger partial charge in [0.25, 0.3) is 0 Å². The number of nitrogens with one attached hydrogen (secondary N) is 1. The molecule has 110 valence electrons. The Morgan fingerprint density at radius 3 is 2.14 bits per heavy atom. The van der Waals surface area contributed by atoms with E-state index in [4.69, 9.17) is 5.11 Å². The number of carbonyl (C=O) groups is 1. The average molecular weight is 299 g/mol. The summed E-state index contributed by atoms with van der Waals surface area (Å²) in [6.07, 6.45) is 0. The number of hydrogen-bond acceptors (Lipinski definition) is 2. The Hall–Kier alpha value is -2.57. The lowest BCUT2D eigenvalue weighted by atomic mass is 10.1. The number of anilines is 1. The van der Waals surface area contributed by atoms with Crippen molar-refractivity contribution < 1.29 is 27.5 Å². The molecule has 0 aliphatic heterocycles. The molecule has 7 heteroatoms. The van der Waals surface area contributed by atoms with Gasteiger partial charge in [0, 0.05) is 18.7 Å². The van der Waals surface area contributed by atoms with Gasteiger partial charge in [-0.05, 0) is 23.8 Å². The molecule has 2 rings (SSSR count). The molecule has 21 heavy (non-hydrogen) atoms. The van der Waals surface area contributed by atoms with Crippen molar-refractivity contribution in [1.29, 1.82) is 0 Å².